The molecule has 5 nitrogen and oxygen atoms in total. The summed E-state index contributed by atoms with van der Waals surface area (Å²) >= 11 is 1.54. The van der Waals surface area contributed by atoms with Crippen LogP contribution in [0.4, 0.5) is 10.1 Å². The van der Waals surface area contributed by atoms with Crippen molar-refractivity contribution in [1.29, 1.82) is 5.26 Å². The molecule has 0 unspecified atom stereocenters. The highest BCUT2D eigenvalue weighted by Gasteiger charge is 2.23. The lowest BCUT2D eigenvalue weighted by Crippen LogP contribution is -2.24. The Morgan fingerprint density at radius 1 is 1.30 bits per heavy atom. The molecule has 0 saturated heterocycles. The van der Waals surface area contributed by atoms with Gasteiger partial charge in [-0.3, -0.25) is 5.01 Å². The van der Waals surface area contributed by atoms with Gasteiger partial charge in [0, 0.05) is 5.56 Å². The van der Waals surface area contributed by atoms with E-state index in [2.05, 4.69) is 11.7 Å². The number of thioether (sulfide) groups is 1. The van der Waals surface area contributed by atoms with Gasteiger partial charge in [-0.05, 0) is 57.0 Å². The molecule has 7 heteroatoms. The summed E-state index contributed by atoms with van der Waals surface area (Å²) in [7, 11) is 0. The molecule has 1 aliphatic heterocycles. The number of hydrogen-bond donors (Lipinski definition) is 0. The van der Waals surface area contributed by atoms with Crippen molar-refractivity contribution >= 4 is 34.0 Å². The molecule has 0 atom stereocenters. The van der Waals surface area contributed by atoms with E-state index in [-0.39, 0.29) is 5.56 Å². The SMILES string of the molecule is C=C(C(=O)OC(C)(C)C)c1ccc(C2=NN(c3ccc(F)c(C#N)c3)CS2)c(C)c1. The predicted octanol–water partition coefficient (Wildman–Crippen LogP) is 5.23. The molecule has 1 heterocycles. The Bertz CT molecular complexity index is 1100. The third-order valence-corrected chi connectivity index (χ3v) is 5.30. The average molecular weight is 424 g/mol. The quantitative estimate of drug-likeness (QED) is 0.497. The second-order valence-electron chi connectivity index (χ2n) is 7.86. The van der Waals surface area contributed by atoms with E-state index in [0.717, 1.165) is 16.2 Å². The van der Waals surface area contributed by atoms with Gasteiger partial charge in [0.1, 0.15) is 22.5 Å². The molecular formula is C23H22FN3O2S. The first-order valence-electron chi connectivity index (χ1n) is 9.31. The normalized spacial score (nSPS) is 13.6. The molecule has 1 aliphatic rings. The van der Waals surface area contributed by atoms with Gasteiger partial charge >= 0.3 is 5.97 Å². The van der Waals surface area contributed by atoms with Gasteiger partial charge in [-0.2, -0.15) is 10.4 Å². The number of nitriles is 1. The largest absolute Gasteiger partial charge is 0.456 e. The lowest BCUT2D eigenvalue weighted by Gasteiger charge is -2.20. The summed E-state index contributed by atoms with van der Waals surface area (Å²) in [5.41, 5.74) is 2.94. The minimum Gasteiger partial charge on any atom is -0.456 e. The summed E-state index contributed by atoms with van der Waals surface area (Å²) in [5, 5.41) is 16.2. The highest BCUT2D eigenvalue weighted by atomic mass is 32.2. The number of carbonyl (C=O) groups is 1. The van der Waals surface area contributed by atoms with Crippen LogP contribution in [0.3, 0.4) is 0 Å². The zero-order valence-corrected chi connectivity index (χ0v) is 18.1. The molecule has 30 heavy (non-hydrogen) atoms. The van der Waals surface area contributed by atoms with E-state index in [1.54, 1.807) is 22.8 Å². The molecule has 0 aliphatic carbocycles. The fraction of sp³-hybridized carbons (Fsp3) is 0.261. The number of anilines is 1. The summed E-state index contributed by atoms with van der Waals surface area (Å²) in [4.78, 5) is 12.3. The minimum absolute atomic E-state index is 0.0117. The van der Waals surface area contributed by atoms with Crippen LogP contribution in [0.25, 0.3) is 5.57 Å². The van der Waals surface area contributed by atoms with Crippen LogP contribution >= 0.6 is 11.8 Å². The van der Waals surface area contributed by atoms with Gasteiger partial charge < -0.3 is 4.74 Å². The number of halogens is 1. The van der Waals surface area contributed by atoms with E-state index in [0.29, 0.717) is 22.7 Å². The first-order chi connectivity index (χ1) is 14.1. The van der Waals surface area contributed by atoms with Crippen LogP contribution in [0.2, 0.25) is 0 Å². The maximum Gasteiger partial charge on any atom is 0.338 e. The molecule has 2 aromatic carbocycles. The maximum atomic E-state index is 13.6. The molecule has 0 bridgehead atoms. The fourth-order valence-corrected chi connectivity index (χ4v) is 3.85. The first-order valence-corrected chi connectivity index (χ1v) is 10.3. The minimum atomic E-state index is -0.584. The van der Waals surface area contributed by atoms with Crippen molar-refractivity contribution in [3.63, 3.8) is 0 Å². The number of aryl methyl sites for hydroxylation is 1. The van der Waals surface area contributed by atoms with Gasteiger partial charge in [-0.25, -0.2) is 9.18 Å². The molecule has 2 aromatic rings. The third kappa shape index (κ3) is 4.71. The van der Waals surface area contributed by atoms with Gasteiger partial charge in [0.2, 0.25) is 0 Å². The van der Waals surface area contributed by atoms with Crippen LogP contribution in [-0.2, 0) is 9.53 Å². The number of carbonyl (C=O) groups excluding carboxylic acids is 1. The van der Waals surface area contributed by atoms with Crippen LogP contribution in [0.1, 0.15) is 43.0 Å². The Balaban J connectivity index is 1.82. The van der Waals surface area contributed by atoms with E-state index in [9.17, 15) is 9.18 Å². The maximum absolute atomic E-state index is 13.6. The van der Waals surface area contributed by atoms with Crippen molar-refractivity contribution in [2.45, 2.75) is 33.3 Å². The monoisotopic (exact) mass is 423 g/mol. The standard InChI is InChI=1S/C23H22FN3O2S/c1-14-10-16(15(2)22(28)29-23(3,4)5)6-8-19(14)21-26-27(13-30-21)18-7-9-20(24)17(11-18)12-25/h6-11H,2,13H2,1,3-5H3. The second kappa shape index (κ2) is 8.33. The first kappa shape index (κ1) is 21.6. The van der Waals surface area contributed by atoms with Crippen molar-refractivity contribution in [2.75, 3.05) is 10.9 Å². The van der Waals surface area contributed by atoms with Crippen molar-refractivity contribution in [3.05, 3.63) is 71.0 Å². The van der Waals surface area contributed by atoms with Crippen molar-refractivity contribution in [3.8, 4) is 6.07 Å². The highest BCUT2D eigenvalue weighted by Crippen LogP contribution is 2.31. The Morgan fingerprint density at radius 3 is 2.67 bits per heavy atom. The van der Waals surface area contributed by atoms with E-state index in [1.807, 2.05) is 52.0 Å². The van der Waals surface area contributed by atoms with Gasteiger partial charge in [0.05, 0.1) is 22.7 Å². The Labute approximate surface area is 179 Å². The molecule has 0 saturated carbocycles. The topological polar surface area (TPSA) is 65.7 Å². The van der Waals surface area contributed by atoms with Crippen molar-refractivity contribution in [1.82, 2.24) is 0 Å². The number of esters is 1. The van der Waals surface area contributed by atoms with Crippen molar-refractivity contribution < 1.29 is 13.9 Å². The van der Waals surface area contributed by atoms with Gasteiger partial charge in [0.25, 0.3) is 0 Å². The van der Waals surface area contributed by atoms with E-state index >= 15 is 0 Å². The smallest absolute Gasteiger partial charge is 0.338 e. The zero-order valence-electron chi connectivity index (χ0n) is 17.3. The number of benzene rings is 2. The third-order valence-electron chi connectivity index (χ3n) is 4.35. The van der Waals surface area contributed by atoms with Crippen LogP contribution in [0.5, 0.6) is 0 Å². The average Bonchev–Trinajstić information content (AvgIpc) is 3.16. The summed E-state index contributed by atoms with van der Waals surface area (Å²) in [5.74, 6) is -0.440. The molecule has 0 N–H and O–H groups in total. The lowest BCUT2D eigenvalue weighted by molar-refractivity contribution is -0.147. The molecule has 0 fully saturated rings. The Morgan fingerprint density at radius 2 is 2.03 bits per heavy atom. The van der Waals surface area contributed by atoms with E-state index in [1.165, 1.54) is 12.1 Å². The highest BCUT2D eigenvalue weighted by molar-refractivity contribution is 8.14. The second-order valence-corrected chi connectivity index (χ2v) is 8.80. The summed E-state index contributed by atoms with van der Waals surface area (Å²) in [6.45, 7) is 11.3. The molecule has 0 radical (unpaired) electrons. The van der Waals surface area contributed by atoms with Crippen LogP contribution in [-0.4, -0.2) is 22.5 Å². The number of ether oxygens (including phenoxy) is 1. The molecular weight excluding hydrogens is 401 g/mol. The van der Waals surface area contributed by atoms with Gasteiger partial charge in [-0.1, -0.05) is 36.5 Å². The Hall–Kier alpha value is -3.11. The molecule has 0 aromatic heterocycles. The number of hydrazone groups is 1. The van der Waals surface area contributed by atoms with Crippen LogP contribution in [0, 0.1) is 24.1 Å². The molecule has 3 rings (SSSR count). The van der Waals surface area contributed by atoms with E-state index < -0.39 is 17.4 Å². The molecule has 0 spiro atoms. The predicted molar refractivity (Wildman–Crippen MR) is 119 cm³/mol. The summed E-state index contributed by atoms with van der Waals surface area (Å²) in [6.07, 6.45) is 0. The van der Waals surface area contributed by atoms with Gasteiger partial charge in [-0.15, -0.1) is 0 Å². The lowest BCUT2D eigenvalue weighted by atomic mass is 10.0. The van der Waals surface area contributed by atoms with Crippen molar-refractivity contribution in [2.24, 2.45) is 5.10 Å². The Kier molecular flexibility index (Phi) is 5.99. The molecule has 0 amide bonds. The van der Waals surface area contributed by atoms with Crippen LogP contribution < -0.4 is 5.01 Å². The summed E-state index contributed by atoms with van der Waals surface area (Å²) in [6, 6.07) is 11.8. The van der Waals surface area contributed by atoms with Gasteiger partial charge in [0.15, 0.2) is 0 Å². The fourth-order valence-electron chi connectivity index (χ4n) is 2.86. The molecule has 154 valence electrons. The number of hydrogen-bond acceptors (Lipinski definition) is 6. The van der Waals surface area contributed by atoms with E-state index in [4.69, 9.17) is 10.00 Å². The van der Waals surface area contributed by atoms with Crippen LogP contribution in [0.15, 0.2) is 48.1 Å². The summed E-state index contributed by atoms with van der Waals surface area (Å²) < 4.78 is 19.0. The zero-order chi connectivity index (χ0) is 22.1. The number of nitrogens with zero attached hydrogens (tertiary/aromatic N) is 3. The number of rotatable bonds is 4.